The van der Waals surface area contributed by atoms with Crippen LogP contribution in [0.15, 0.2) is 10.8 Å². The van der Waals surface area contributed by atoms with Gasteiger partial charge in [-0.05, 0) is 6.92 Å². The lowest BCUT2D eigenvalue weighted by Crippen LogP contribution is -2.46. The highest BCUT2D eigenvalue weighted by Crippen LogP contribution is 2.08. The first kappa shape index (κ1) is 13.0. The van der Waals surface area contributed by atoms with Gasteiger partial charge < -0.3 is 14.6 Å². The zero-order valence-electron chi connectivity index (χ0n) is 11.0. The topological polar surface area (TPSA) is 61.6 Å². The maximum atomic E-state index is 12.1. The average Bonchev–Trinajstić information content (AvgIpc) is 2.82. The number of carbonyl (C=O) groups excluding carboxylic acids is 1. The van der Waals surface area contributed by atoms with Gasteiger partial charge in [0.2, 0.25) is 5.76 Å². The molecule has 1 N–H and O–H groups in total. The van der Waals surface area contributed by atoms with Crippen LogP contribution in [0.5, 0.6) is 0 Å². The highest BCUT2D eigenvalue weighted by molar-refractivity contribution is 5.92. The molecule has 1 saturated heterocycles. The van der Waals surface area contributed by atoms with E-state index in [9.17, 15) is 4.79 Å². The molecule has 0 radical (unpaired) electrons. The Kier molecular flexibility index (Phi) is 4.33. The summed E-state index contributed by atoms with van der Waals surface area (Å²) in [6.07, 6.45) is 1.31. The molecular weight excluding hydrogens is 232 g/mol. The van der Waals surface area contributed by atoms with Crippen molar-refractivity contribution < 1.29 is 9.21 Å². The molecule has 1 aliphatic heterocycles. The molecule has 1 aromatic rings. The maximum Gasteiger partial charge on any atom is 0.291 e. The van der Waals surface area contributed by atoms with Gasteiger partial charge in [0, 0.05) is 46.3 Å². The third-order valence-corrected chi connectivity index (χ3v) is 3.25. The van der Waals surface area contributed by atoms with Crippen LogP contribution >= 0.6 is 0 Å². The second-order valence-corrected chi connectivity index (χ2v) is 4.59. The summed E-state index contributed by atoms with van der Waals surface area (Å²) in [6, 6.07) is 0. The standard InChI is InChI=1S/C12H20N4O2/c1-10-11(18-9-14-10)12(17)15(2)7-8-16-5-3-13-4-6-16/h9,13H,3-8H2,1-2H3. The van der Waals surface area contributed by atoms with Gasteiger partial charge in [0.25, 0.3) is 5.91 Å². The Labute approximate surface area is 107 Å². The minimum atomic E-state index is -0.0971. The number of aromatic nitrogens is 1. The number of amides is 1. The molecule has 1 fully saturated rings. The summed E-state index contributed by atoms with van der Waals surface area (Å²) >= 11 is 0. The first-order valence-electron chi connectivity index (χ1n) is 6.27. The normalized spacial score (nSPS) is 16.8. The Bertz CT molecular complexity index is 399. The molecule has 0 bridgehead atoms. The third-order valence-electron chi connectivity index (χ3n) is 3.25. The molecule has 6 heteroatoms. The van der Waals surface area contributed by atoms with Crippen LogP contribution in [-0.2, 0) is 0 Å². The summed E-state index contributed by atoms with van der Waals surface area (Å²) in [4.78, 5) is 20.0. The molecule has 18 heavy (non-hydrogen) atoms. The summed E-state index contributed by atoms with van der Waals surface area (Å²) in [5.41, 5.74) is 0.647. The number of oxazole rings is 1. The maximum absolute atomic E-state index is 12.1. The quantitative estimate of drug-likeness (QED) is 0.815. The minimum absolute atomic E-state index is 0.0971. The van der Waals surface area contributed by atoms with Crippen molar-refractivity contribution in [3.05, 3.63) is 17.8 Å². The number of hydrogen-bond donors (Lipinski definition) is 1. The average molecular weight is 252 g/mol. The Balaban J connectivity index is 1.82. The van der Waals surface area contributed by atoms with Gasteiger partial charge in [-0.15, -0.1) is 0 Å². The fourth-order valence-electron chi connectivity index (χ4n) is 2.01. The first-order chi connectivity index (χ1) is 8.68. The van der Waals surface area contributed by atoms with Crippen LogP contribution in [0.4, 0.5) is 0 Å². The summed E-state index contributed by atoms with van der Waals surface area (Å²) in [5.74, 6) is 0.248. The molecule has 1 aromatic heterocycles. The monoisotopic (exact) mass is 252 g/mol. The van der Waals surface area contributed by atoms with E-state index in [0.29, 0.717) is 18.0 Å². The molecule has 0 unspecified atom stereocenters. The van der Waals surface area contributed by atoms with Crippen LogP contribution in [0.3, 0.4) is 0 Å². The molecule has 0 aromatic carbocycles. The van der Waals surface area contributed by atoms with Crippen molar-refractivity contribution in [3.8, 4) is 0 Å². The molecule has 0 saturated carbocycles. The van der Waals surface area contributed by atoms with E-state index in [1.807, 2.05) is 0 Å². The molecule has 100 valence electrons. The van der Waals surface area contributed by atoms with E-state index in [0.717, 1.165) is 32.7 Å². The van der Waals surface area contributed by atoms with Gasteiger partial charge in [-0.3, -0.25) is 9.69 Å². The molecule has 1 aliphatic rings. The molecule has 6 nitrogen and oxygen atoms in total. The minimum Gasteiger partial charge on any atom is -0.438 e. The number of aryl methyl sites for hydroxylation is 1. The molecule has 0 aliphatic carbocycles. The van der Waals surface area contributed by atoms with Crippen LogP contribution in [-0.4, -0.2) is 67.0 Å². The van der Waals surface area contributed by atoms with E-state index in [-0.39, 0.29) is 5.91 Å². The van der Waals surface area contributed by atoms with Gasteiger partial charge in [-0.1, -0.05) is 0 Å². The van der Waals surface area contributed by atoms with Gasteiger partial charge >= 0.3 is 0 Å². The summed E-state index contributed by atoms with van der Waals surface area (Å²) in [7, 11) is 1.80. The van der Waals surface area contributed by atoms with E-state index < -0.39 is 0 Å². The predicted octanol–water partition coefficient (Wildman–Crippen LogP) is -0.0398. The number of piperazine rings is 1. The van der Waals surface area contributed by atoms with Gasteiger partial charge in [-0.2, -0.15) is 0 Å². The fourth-order valence-corrected chi connectivity index (χ4v) is 2.01. The van der Waals surface area contributed by atoms with Crippen LogP contribution < -0.4 is 5.32 Å². The highest BCUT2D eigenvalue weighted by atomic mass is 16.3. The van der Waals surface area contributed by atoms with E-state index in [2.05, 4.69) is 15.2 Å². The second kappa shape index (κ2) is 5.97. The number of hydrogen-bond acceptors (Lipinski definition) is 5. The molecular formula is C12H20N4O2. The van der Waals surface area contributed by atoms with Gasteiger partial charge in [0.05, 0.1) is 5.69 Å². The van der Waals surface area contributed by atoms with Crippen molar-refractivity contribution in [2.75, 3.05) is 46.3 Å². The largest absolute Gasteiger partial charge is 0.438 e. The number of nitrogens with one attached hydrogen (secondary N) is 1. The Morgan fingerprint density at radius 1 is 1.56 bits per heavy atom. The van der Waals surface area contributed by atoms with E-state index in [4.69, 9.17) is 4.42 Å². The molecule has 1 amide bonds. The fraction of sp³-hybridized carbons (Fsp3) is 0.667. The Morgan fingerprint density at radius 2 is 2.28 bits per heavy atom. The van der Waals surface area contributed by atoms with Crippen LogP contribution in [0, 0.1) is 6.92 Å². The van der Waals surface area contributed by atoms with Crippen molar-refractivity contribution in [1.82, 2.24) is 20.1 Å². The van der Waals surface area contributed by atoms with Crippen molar-refractivity contribution in [1.29, 1.82) is 0 Å². The zero-order valence-corrected chi connectivity index (χ0v) is 11.0. The van der Waals surface area contributed by atoms with Gasteiger partial charge in [0.1, 0.15) is 0 Å². The van der Waals surface area contributed by atoms with Crippen molar-refractivity contribution in [3.63, 3.8) is 0 Å². The molecule has 2 heterocycles. The SMILES string of the molecule is Cc1ncoc1C(=O)N(C)CCN1CCNCC1. The summed E-state index contributed by atoms with van der Waals surface area (Å²) in [6.45, 7) is 7.53. The summed E-state index contributed by atoms with van der Waals surface area (Å²) < 4.78 is 5.11. The first-order valence-corrected chi connectivity index (χ1v) is 6.27. The van der Waals surface area contributed by atoms with Crippen LogP contribution in [0.1, 0.15) is 16.2 Å². The van der Waals surface area contributed by atoms with E-state index in [1.54, 1.807) is 18.9 Å². The lowest BCUT2D eigenvalue weighted by molar-refractivity contribution is 0.0742. The Morgan fingerprint density at radius 3 is 2.89 bits per heavy atom. The number of nitrogens with zero attached hydrogens (tertiary/aromatic N) is 3. The lowest BCUT2D eigenvalue weighted by Gasteiger charge is -2.28. The Hall–Kier alpha value is -1.40. The van der Waals surface area contributed by atoms with Gasteiger partial charge in [-0.25, -0.2) is 4.98 Å². The van der Waals surface area contributed by atoms with Gasteiger partial charge in [0.15, 0.2) is 6.39 Å². The van der Waals surface area contributed by atoms with Crippen LogP contribution in [0.25, 0.3) is 0 Å². The highest BCUT2D eigenvalue weighted by Gasteiger charge is 2.19. The lowest BCUT2D eigenvalue weighted by atomic mass is 10.3. The summed E-state index contributed by atoms with van der Waals surface area (Å²) in [5, 5.41) is 3.31. The number of carbonyl (C=O) groups is 1. The number of rotatable bonds is 4. The smallest absolute Gasteiger partial charge is 0.291 e. The zero-order chi connectivity index (χ0) is 13.0. The third kappa shape index (κ3) is 3.08. The predicted molar refractivity (Wildman–Crippen MR) is 67.5 cm³/mol. The van der Waals surface area contributed by atoms with E-state index in [1.165, 1.54) is 6.39 Å². The van der Waals surface area contributed by atoms with Crippen molar-refractivity contribution >= 4 is 5.91 Å². The molecule has 2 rings (SSSR count). The van der Waals surface area contributed by atoms with Crippen molar-refractivity contribution in [2.24, 2.45) is 0 Å². The van der Waals surface area contributed by atoms with E-state index >= 15 is 0 Å². The van der Waals surface area contributed by atoms with Crippen molar-refractivity contribution in [2.45, 2.75) is 6.92 Å². The molecule has 0 atom stereocenters. The van der Waals surface area contributed by atoms with Crippen LogP contribution in [0.2, 0.25) is 0 Å². The molecule has 0 spiro atoms. The number of likely N-dealkylation sites (N-methyl/N-ethyl adjacent to an activating group) is 1. The second-order valence-electron chi connectivity index (χ2n) is 4.59.